The molecule has 0 unspecified atom stereocenters. The molecule has 2 rings (SSSR count). The van der Waals surface area contributed by atoms with Gasteiger partial charge in [0.1, 0.15) is 29.6 Å². The predicted octanol–water partition coefficient (Wildman–Crippen LogP) is 2.50. The molecule has 0 spiro atoms. The molecular formula is C21H29N3O4. The van der Waals surface area contributed by atoms with E-state index in [4.69, 9.17) is 18.9 Å². The van der Waals surface area contributed by atoms with Crippen molar-refractivity contribution in [2.75, 3.05) is 48.1 Å². The van der Waals surface area contributed by atoms with Gasteiger partial charge in [0.25, 0.3) is 0 Å². The third-order valence-electron chi connectivity index (χ3n) is 4.11. The lowest BCUT2D eigenvalue weighted by molar-refractivity contribution is 0.322. The molecule has 0 aliphatic heterocycles. The molecule has 152 valence electrons. The molecule has 0 radical (unpaired) electrons. The lowest BCUT2D eigenvalue weighted by atomic mass is 10.1. The van der Waals surface area contributed by atoms with Gasteiger partial charge in [-0.1, -0.05) is 18.2 Å². The molecule has 2 aromatic carbocycles. The SMILES string of the molecule is CN=C(NCCOc1ccccc1)NCCc1c(OC)cc(OC)cc1OC. The highest BCUT2D eigenvalue weighted by molar-refractivity contribution is 5.79. The number of rotatable bonds is 10. The van der Waals surface area contributed by atoms with Gasteiger partial charge in [0.05, 0.1) is 27.9 Å². The molecule has 0 amide bonds. The quantitative estimate of drug-likeness (QED) is 0.371. The van der Waals surface area contributed by atoms with E-state index < -0.39 is 0 Å². The summed E-state index contributed by atoms with van der Waals surface area (Å²) in [5, 5.41) is 6.52. The molecule has 0 fully saturated rings. The zero-order valence-electron chi connectivity index (χ0n) is 17.0. The number of hydrogen-bond donors (Lipinski definition) is 2. The summed E-state index contributed by atoms with van der Waals surface area (Å²) in [5.41, 5.74) is 0.973. The van der Waals surface area contributed by atoms with Crippen LogP contribution in [-0.2, 0) is 6.42 Å². The van der Waals surface area contributed by atoms with E-state index in [-0.39, 0.29) is 0 Å². The maximum atomic E-state index is 5.67. The van der Waals surface area contributed by atoms with E-state index in [9.17, 15) is 0 Å². The van der Waals surface area contributed by atoms with E-state index in [0.717, 1.165) is 22.8 Å². The van der Waals surface area contributed by atoms with E-state index in [1.807, 2.05) is 42.5 Å². The minimum absolute atomic E-state index is 0.546. The first kappa shape index (κ1) is 21.2. The zero-order valence-corrected chi connectivity index (χ0v) is 17.0. The number of para-hydroxylation sites is 1. The van der Waals surface area contributed by atoms with Crippen molar-refractivity contribution in [1.82, 2.24) is 10.6 Å². The van der Waals surface area contributed by atoms with Gasteiger partial charge in [0.2, 0.25) is 0 Å². The molecule has 0 heterocycles. The Balaban J connectivity index is 1.82. The Labute approximate surface area is 166 Å². The van der Waals surface area contributed by atoms with Gasteiger partial charge in [0, 0.05) is 31.3 Å². The highest BCUT2D eigenvalue weighted by atomic mass is 16.5. The standard InChI is InChI=1S/C21H29N3O4/c1-22-21(24-12-13-28-16-8-6-5-7-9-16)23-11-10-18-19(26-3)14-17(25-2)15-20(18)27-4/h5-9,14-15H,10-13H2,1-4H3,(H2,22,23,24). The van der Waals surface area contributed by atoms with Gasteiger partial charge in [-0.25, -0.2) is 0 Å². The van der Waals surface area contributed by atoms with Crippen LogP contribution >= 0.6 is 0 Å². The smallest absolute Gasteiger partial charge is 0.191 e. The fraction of sp³-hybridized carbons (Fsp3) is 0.381. The van der Waals surface area contributed by atoms with E-state index in [1.54, 1.807) is 28.4 Å². The third-order valence-corrected chi connectivity index (χ3v) is 4.11. The highest BCUT2D eigenvalue weighted by Crippen LogP contribution is 2.34. The molecule has 0 bridgehead atoms. The van der Waals surface area contributed by atoms with Crippen LogP contribution in [0.4, 0.5) is 0 Å². The molecule has 0 atom stereocenters. The van der Waals surface area contributed by atoms with Crippen molar-refractivity contribution in [3.8, 4) is 23.0 Å². The third kappa shape index (κ3) is 6.26. The second-order valence-corrected chi connectivity index (χ2v) is 5.85. The first-order valence-corrected chi connectivity index (χ1v) is 9.13. The molecule has 7 nitrogen and oxygen atoms in total. The second-order valence-electron chi connectivity index (χ2n) is 5.85. The maximum absolute atomic E-state index is 5.67. The Kier molecular flexibility index (Phi) is 8.78. The number of guanidine groups is 1. The van der Waals surface area contributed by atoms with E-state index in [2.05, 4.69) is 15.6 Å². The summed E-state index contributed by atoms with van der Waals surface area (Å²) < 4.78 is 21.9. The summed E-state index contributed by atoms with van der Waals surface area (Å²) in [6, 6.07) is 13.4. The zero-order chi connectivity index (χ0) is 20.2. The topological polar surface area (TPSA) is 73.3 Å². The van der Waals surface area contributed by atoms with Gasteiger partial charge in [-0.15, -0.1) is 0 Å². The fourth-order valence-electron chi connectivity index (χ4n) is 2.71. The second kappa shape index (κ2) is 11.6. The summed E-state index contributed by atoms with van der Waals surface area (Å²) in [7, 11) is 6.63. The van der Waals surface area contributed by atoms with E-state index in [0.29, 0.717) is 37.8 Å². The molecule has 0 saturated heterocycles. The number of nitrogens with one attached hydrogen (secondary N) is 2. The van der Waals surface area contributed by atoms with E-state index >= 15 is 0 Å². The number of aliphatic imine (C=N–C) groups is 1. The summed E-state index contributed by atoms with van der Waals surface area (Å²) in [6.07, 6.45) is 0.706. The average molecular weight is 387 g/mol. The van der Waals surface area contributed by atoms with Crippen LogP contribution in [0.5, 0.6) is 23.0 Å². The Hall–Kier alpha value is -3.09. The Morgan fingerprint density at radius 1 is 0.857 bits per heavy atom. The van der Waals surface area contributed by atoms with Crippen molar-refractivity contribution in [2.24, 2.45) is 4.99 Å². The summed E-state index contributed by atoms with van der Waals surface area (Å²) in [4.78, 5) is 4.23. The van der Waals surface area contributed by atoms with Crippen LogP contribution in [0.3, 0.4) is 0 Å². The van der Waals surface area contributed by atoms with Crippen LogP contribution in [0.25, 0.3) is 0 Å². The molecule has 28 heavy (non-hydrogen) atoms. The lowest BCUT2D eigenvalue weighted by Gasteiger charge is -2.16. The van der Waals surface area contributed by atoms with Gasteiger partial charge in [-0.05, 0) is 18.6 Å². The number of benzene rings is 2. The molecule has 7 heteroatoms. The van der Waals surface area contributed by atoms with Crippen molar-refractivity contribution in [3.05, 3.63) is 48.0 Å². The minimum Gasteiger partial charge on any atom is -0.496 e. The van der Waals surface area contributed by atoms with Crippen LogP contribution in [-0.4, -0.2) is 54.0 Å². The Morgan fingerprint density at radius 2 is 1.50 bits per heavy atom. The fourth-order valence-corrected chi connectivity index (χ4v) is 2.71. The molecule has 0 aliphatic carbocycles. The van der Waals surface area contributed by atoms with Gasteiger partial charge >= 0.3 is 0 Å². The van der Waals surface area contributed by atoms with Gasteiger partial charge in [-0.2, -0.15) is 0 Å². The molecule has 0 aromatic heterocycles. The monoisotopic (exact) mass is 387 g/mol. The maximum Gasteiger partial charge on any atom is 0.191 e. The molecule has 2 aromatic rings. The van der Waals surface area contributed by atoms with Crippen LogP contribution < -0.4 is 29.6 Å². The minimum atomic E-state index is 0.546. The van der Waals surface area contributed by atoms with Crippen LogP contribution in [0, 0.1) is 0 Å². The van der Waals surface area contributed by atoms with E-state index in [1.165, 1.54) is 0 Å². The van der Waals surface area contributed by atoms with Crippen molar-refractivity contribution < 1.29 is 18.9 Å². The largest absolute Gasteiger partial charge is 0.496 e. The van der Waals surface area contributed by atoms with Crippen molar-refractivity contribution >= 4 is 5.96 Å². The summed E-state index contributed by atoms with van der Waals surface area (Å²) in [6.45, 7) is 1.85. The lowest BCUT2D eigenvalue weighted by Crippen LogP contribution is -2.40. The number of ether oxygens (including phenoxy) is 4. The highest BCUT2D eigenvalue weighted by Gasteiger charge is 2.13. The predicted molar refractivity (Wildman–Crippen MR) is 111 cm³/mol. The van der Waals surface area contributed by atoms with Crippen molar-refractivity contribution in [2.45, 2.75) is 6.42 Å². The normalized spacial score (nSPS) is 10.9. The number of methoxy groups -OCH3 is 3. The molecule has 0 saturated carbocycles. The summed E-state index contributed by atoms with van der Waals surface area (Å²) >= 11 is 0. The molecular weight excluding hydrogens is 358 g/mol. The van der Waals surface area contributed by atoms with Gasteiger partial charge < -0.3 is 29.6 Å². The Morgan fingerprint density at radius 3 is 2.07 bits per heavy atom. The van der Waals surface area contributed by atoms with Gasteiger partial charge in [-0.3, -0.25) is 4.99 Å². The Bertz CT molecular complexity index is 726. The van der Waals surface area contributed by atoms with Crippen molar-refractivity contribution in [3.63, 3.8) is 0 Å². The first-order valence-electron chi connectivity index (χ1n) is 9.13. The average Bonchev–Trinajstić information content (AvgIpc) is 2.75. The molecule has 0 aliphatic rings. The van der Waals surface area contributed by atoms with Crippen LogP contribution in [0.1, 0.15) is 5.56 Å². The summed E-state index contributed by atoms with van der Waals surface area (Å²) in [5.74, 6) is 3.73. The van der Waals surface area contributed by atoms with Crippen molar-refractivity contribution in [1.29, 1.82) is 0 Å². The first-order chi connectivity index (χ1) is 13.7. The number of nitrogens with zero attached hydrogens (tertiary/aromatic N) is 1. The van der Waals surface area contributed by atoms with Gasteiger partial charge in [0.15, 0.2) is 5.96 Å². The number of hydrogen-bond acceptors (Lipinski definition) is 5. The molecule has 2 N–H and O–H groups in total. The van der Waals surface area contributed by atoms with Crippen LogP contribution in [0.15, 0.2) is 47.5 Å². The van der Waals surface area contributed by atoms with Crippen LogP contribution in [0.2, 0.25) is 0 Å².